The number of alkyl halides is 6. The van der Waals surface area contributed by atoms with Crippen molar-refractivity contribution < 1.29 is 35.9 Å². The van der Waals surface area contributed by atoms with Crippen LogP contribution in [0.25, 0.3) is 0 Å². The van der Waals surface area contributed by atoms with E-state index in [0.29, 0.717) is 5.56 Å². The summed E-state index contributed by atoms with van der Waals surface area (Å²) in [5, 5.41) is 7.93. The van der Waals surface area contributed by atoms with Crippen LogP contribution in [0.15, 0.2) is 36.5 Å². The van der Waals surface area contributed by atoms with Crippen molar-refractivity contribution in [3.05, 3.63) is 64.5 Å². The number of benzene rings is 1. The van der Waals surface area contributed by atoms with E-state index in [1.807, 2.05) is 0 Å². The molecule has 1 saturated heterocycles. The van der Waals surface area contributed by atoms with Crippen LogP contribution in [0.1, 0.15) is 60.4 Å². The number of aromatic nitrogens is 1. The molecule has 1 aromatic carbocycles. The van der Waals surface area contributed by atoms with E-state index in [1.165, 1.54) is 12.1 Å². The lowest BCUT2D eigenvalue weighted by Crippen LogP contribution is -2.47. The topological polar surface area (TPSA) is 83.1 Å². The van der Waals surface area contributed by atoms with E-state index in [-0.39, 0.29) is 35.9 Å². The van der Waals surface area contributed by atoms with Crippen LogP contribution in [-0.2, 0) is 28.5 Å². The fourth-order valence-corrected chi connectivity index (χ4v) is 3.48. The maximum atomic E-state index is 13.7. The van der Waals surface area contributed by atoms with E-state index in [1.54, 1.807) is 13.8 Å². The Morgan fingerprint density at radius 1 is 1.12 bits per heavy atom. The molecule has 0 radical (unpaired) electrons. The molecular weight excluding hydrogens is 466 g/mol. The molecule has 2 amide bonds. The monoisotopic (exact) mass is 488 g/mol. The number of carbonyl (C=O) groups is 2. The Labute approximate surface area is 191 Å². The van der Waals surface area contributed by atoms with Crippen LogP contribution < -0.4 is 16.0 Å². The minimum Gasteiger partial charge on any atom is -0.352 e. The maximum Gasteiger partial charge on any atom is 0.433 e. The third-order valence-corrected chi connectivity index (χ3v) is 5.27. The highest BCUT2D eigenvalue weighted by atomic mass is 19.4. The third kappa shape index (κ3) is 6.04. The molecule has 2 unspecified atom stereocenters. The van der Waals surface area contributed by atoms with Crippen LogP contribution in [-0.4, -0.2) is 16.8 Å². The van der Waals surface area contributed by atoms with Crippen molar-refractivity contribution in [2.45, 2.75) is 51.4 Å². The van der Waals surface area contributed by atoms with Crippen molar-refractivity contribution in [2.24, 2.45) is 5.92 Å². The second kappa shape index (κ2) is 9.61. The lowest BCUT2D eigenvalue weighted by Gasteiger charge is -2.33. The molecule has 1 aliphatic rings. The Hall–Kier alpha value is -3.15. The Balaban J connectivity index is 1.90. The van der Waals surface area contributed by atoms with E-state index in [0.717, 1.165) is 24.4 Å². The van der Waals surface area contributed by atoms with Crippen LogP contribution >= 0.6 is 0 Å². The van der Waals surface area contributed by atoms with Crippen molar-refractivity contribution in [3.63, 3.8) is 0 Å². The Morgan fingerprint density at radius 2 is 1.82 bits per heavy atom. The molecule has 2 aromatic rings. The third-order valence-electron chi connectivity index (χ3n) is 5.27. The lowest BCUT2D eigenvalue weighted by atomic mass is 9.96. The lowest BCUT2D eigenvalue weighted by molar-refractivity contribution is -0.141. The molecule has 1 aromatic heterocycles. The van der Waals surface area contributed by atoms with Crippen LogP contribution in [0.4, 0.5) is 26.3 Å². The second-order valence-corrected chi connectivity index (χ2v) is 8.19. The first kappa shape index (κ1) is 25.5. The van der Waals surface area contributed by atoms with Gasteiger partial charge in [0.05, 0.1) is 5.56 Å². The Bertz CT molecular complexity index is 1050. The average Bonchev–Trinajstić information content (AvgIpc) is 2.75. The molecule has 3 rings (SSSR count). The quantitative estimate of drug-likeness (QED) is 0.550. The first-order chi connectivity index (χ1) is 15.8. The minimum absolute atomic E-state index is 0.0188. The fourth-order valence-electron chi connectivity index (χ4n) is 3.48. The number of pyridine rings is 1. The SMILES string of the molecule is CC(C)C(=O)NCc1ccc(C(F)(F)F)c(C2NC(=O)CC(c3ccc(C(F)(F)F)nc3)N2)c1. The zero-order valence-electron chi connectivity index (χ0n) is 18.1. The van der Waals surface area contributed by atoms with Crippen molar-refractivity contribution in [2.75, 3.05) is 0 Å². The highest BCUT2D eigenvalue weighted by Gasteiger charge is 2.38. The first-order valence-corrected chi connectivity index (χ1v) is 10.3. The number of carbonyl (C=O) groups excluding carboxylic acids is 2. The van der Waals surface area contributed by atoms with Gasteiger partial charge in [-0.3, -0.25) is 19.9 Å². The summed E-state index contributed by atoms with van der Waals surface area (Å²) < 4.78 is 79.5. The van der Waals surface area contributed by atoms with Crippen LogP contribution in [0.5, 0.6) is 0 Å². The molecule has 0 spiro atoms. The van der Waals surface area contributed by atoms with Gasteiger partial charge in [-0.05, 0) is 29.3 Å². The molecule has 2 atom stereocenters. The number of hydrogen-bond donors (Lipinski definition) is 3. The molecule has 0 aliphatic carbocycles. The number of nitrogens with one attached hydrogen (secondary N) is 3. The van der Waals surface area contributed by atoms with Crippen molar-refractivity contribution in [1.82, 2.24) is 20.9 Å². The number of hydrogen-bond acceptors (Lipinski definition) is 4. The number of nitrogens with zero attached hydrogens (tertiary/aromatic N) is 1. The van der Waals surface area contributed by atoms with Crippen molar-refractivity contribution in [3.8, 4) is 0 Å². The van der Waals surface area contributed by atoms with Crippen LogP contribution in [0, 0.1) is 5.92 Å². The summed E-state index contributed by atoms with van der Waals surface area (Å²) in [7, 11) is 0. The second-order valence-electron chi connectivity index (χ2n) is 8.19. The minimum atomic E-state index is -4.73. The van der Waals surface area contributed by atoms with Gasteiger partial charge in [0.1, 0.15) is 11.9 Å². The van der Waals surface area contributed by atoms with Crippen molar-refractivity contribution in [1.29, 1.82) is 0 Å². The summed E-state index contributed by atoms with van der Waals surface area (Å²) >= 11 is 0. The van der Waals surface area contributed by atoms with Gasteiger partial charge in [0, 0.05) is 36.7 Å². The van der Waals surface area contributed by atoms with Gasteiger partial charge in [-0.15, -0.1) is 0 Å². The first-order valence-electron chi connectivity index (χ1n) is 10.3. The summed E-state index contributed by atoms with van der Waals surface area (Å²) in [4.78, 5) is 27.5. The van der Waals surface area contributed by atoms with Gasteiger partial charge in [0.25, 0.3) is 0 Å². The largest absolute Gasteiger partial charge is 0.433 e. The fraction of sp³-hybridized carbons (Fsp3) is 0.409. The summed E-state index contributed by atoms with van der Waals surface area (Å²) in [6.45, 7) is 3.32. The Morgan fingerprint density at radius 3 is 2.38 bits per heavy atom. The van der Waals surface area contributed by atoms with E-state index in [2.05, 4.69) is 20.9 Å². The van der Waals surface area contributed by atoms with Gasteiger partial charge < -0.3 is 10.6 Å². The average molecular weight is 488 g/mol. The zero-order valence-corrected chi connectivity index (χ0v) is 18.1. The maximum absolute atomic E-state index is 13.7. The highest BCUT2D eigenvalue weighted by Crippen LogP contribution is 2.37. The van der Waals surface area contributed by atoms with Gasteiger partial charge in [-0.1, -0.05) is 26.0 Å². The normalized spacial score (nSPS) is 19.1. The molecule has 0 bridgehead atoms. The number of rotatable bonds is 5. The Kier molecular flexibility index (Phi) is 7.20. The molecule has 1 fully saturated rings. The van der Waals surface area contributed by atoms with E-state index in [9.17, 15) is 35.9 Å². The summed E-state index contributed by atoms with van der Waals surface area (Å²) in [5.74, 6) is -1.17. The molecule has 0 saturated carbocycles. The number of amides is 2. The molecule has 12 heteroatoms. The zero-order chi connectivity index (χ0) is 25.3. The smallest absolute Gasteiger partial charge is 0.352 e. The van der Waals surface area contributed by atoms with Crippen LogP contribution in [0.3, 0.4) is 0 Å². The van der Waals surface area contributed by atoms with Gasteiger partial charge in [-0.2, -0.15) is 26.3 Å². The van der Waals surface area contributed by atoms with Gasteiger partial charge in [0.2, 0.25) is 11.8 Å². The van der Waals surface area contributed by atoms with Gasteiger partial charge >= 0.3 is 12.4 Å². The van der Waals surface area contributed by atoms with Crippen molar-refractivity contribution >= 4 is 11.8 Å². The summed E-state index contributed by atoms with van der Waals surface area (Å²) in [6, 6.07) is 4.34. The van der Waals surface area contributed by atoms with Gasteiger partial charge in [0.15, 0.2) is 0 Å². The molecule has 1 aliphatic heterocycles. The van der Waals surface area contributed by atoms with E-state index in [4.69, 9.17) is 0 Å². The van der Waals surface area contributed by atoms with E-state index >= 15 is 0 Å². The summed E-state index contributed by atoms with van der Waals surface area (Å²) in [6.07, 6.45) is -9.91. The molecule has 34 heavy (non-hydrogen) atoms. The molecular formula is C22H22F6N4O2. The predicted octanol–water partition coefficient (Wildman–Crippen LogP) is 4.24. The molecule has 2 heterocycles. The molecule has 3 N–H and O–H groups in total. The summed E-state index contributed by atoms with van der Waals surface area (Å²) in [5.41, 5.74) is -1.78. The van der Waals surface area contributed by atoms with Gasteiger partial charge in [-0.25, -0.2) is 0 Å². The standard InChI is InChI=1S/C22H22F6N4O2/c1-11(2)20(34)30-9-12-3-5-15(21(23,24)25)14(7-12)19-31-16(8-18(33)32-19)13-4-6-17(29-10-13)22(26,27)28/h3-7,10-11,16,19,31H,8-9H2,1-2H3,(H,30,34)(H,32,33). The van der Waals surface area contributed by atoms with Crippen LogP contribution in [0.2, 0.25) is 0 Å². The highest BCUT2D eigenvalue weighted by molar-refractivity contribution is 5.78. The number of halogens is 6. The molecule has 184 valence electrons. The predicted molar refractivity (Wildman–Crippen MR) is 109 cm³/mol. The van der Waals surface area contributed by atoms with E-state index < -0.39 is 41.7 Å². The molecule has 6 nitrogen and oxygen atoms in total.